The maximum absolute atomic E-state index is 13.1. The van der Waals surface area contributed by atoms with Crippen LogP contribution in [0.4, 0.5) is 5.69 Å². The molecular weight excluding hydrogens is 520 g/mol. The first-order chi connectivity index (χ1) is 18.1. The number of carbonyl (C=O) groups is 2. The van der Waals surface area contributed by atoms with E-state index in [-0.39, 0.29) is 30.8 Å². The van der Waals surface area contributed by atoms with E-state index in [0.29, 0.717) is 34.0 Å². The molecule has 0 unspecified atom stereocenters. The van der Waals surface area contributed by atoms with Gasteiger partial charge in [-0.2, -0.15) is 9.41 Å². The van der Waals surface area contributed by atoms with E-state index < -0.39 is 10.0 Å². The minimum absolute atomic E-state index is 0.143. The van der Waals surface area contributed by atoms with Crippen LogP contribution in [0, 0.1) is 26.7 Å². The van der Waals surface area contributed by atoms with Gasteiger partial charge >= 0.3 is 0 Å². The maximum atomic E-state index is 13.1. The second kappa shape index (κ2) is 11.6. The number of hydrazone groups is 1. The van der Waals surface area contributed by atoms with E-state index in [4.69, 9.17) is 0 Å². The molecule has 0 bridgehead atoms. The van der Waals surface area contributed by atoms with E-state index >= 15 is 0 Å². The molecule has 0 atom stereocenters. The van der Waals surface area contributed by atoms with Crippen LogP contribution in [0.25, 0.3) is 0 Å². The van der Waals surface area contributed by atoms with Crippen molar-refractivity contribution in [1.29, 1.82) is 0 Å². The smallest absolute Gasteiger partial charge is 0.265 e. The number of hydrogen-bond acceptors (Lipinski definition) is 6. The van der Waals surface area contributed by atoms with Crippen LogP contribution in [0.3, 0.4) is 0 Å². The molecule has 1 saturated heterocycles. The molecule has 10 heteroatoms. The second-order valence-corrected chi connectivity index (χ2v) is 12.4. The molecule has 1 fully saturated rings. The van der Waals surface area contributed by atoms with Crippen molar-refractivity contribution in [2.24, 2.45) is 11.0 Å². The number of carbonyl (C=O) groups excluding carboxylic acids is 2. The predicted octanol–water partition coefficient (Wildman–Crippen LogP) is 4.87. The molecule has 0 saturated carbocycles. The Balaban J connectivity index is 1.30. The van der Waals surface area contributed by atoms with Crippen LogP contribution in [-0.2, 0) is 14.8 Å². The second-order valence-electron chi connectivity index (χ2n) is 9.58. The van der Waals surface area contributed by atoms with Gasteiger partial charge in [0.1, 0.15) is 0 Å². The monoisotopic (exact) mass is 552 g/mol. The summed E-state index contributed by atoms with van der Waals surface area (Å²) in [5.74, 6) is -0.672. The molecule has 2 amide bonds. The van der Waals surface area contributed by atoms with Gasteiger partial charge in [0.05, 0.1) is 15.5 Å². The quantitative estimate of drug-likeness (QED) is 0.322. The Bertz CT molecular complexity index is 1470. The number of benzene rings is 2. The molecule has 2 N–H and O–H groups in total. The first-order valence-electron chi connectivity index (χ1n) is 12.4. The number of thiophene rings is 1. The summed E-state index contributed by atoms with van der Waals surface area (Å²) in [4.78, 5) is 26.1. The summed E-state index contributed by atoms with van der Waals surface area (Å²) in [7, 11) is -3.60. The van der Waals surface area contributed by atoms with E-state index in [1.807, 2.05) is 43.5 Å². The highest BCUT2D eigenvalue weighted by Gasteiger charge is 2.32. The van der Waals surface area contributed by atoms with Crippen LogP contribution in [-0.4, -0.2) is 43.3 Å². The lowest BCUT2D eigenvalue weighted by atomic mass is 9.98. The van der Waals surface area contributed by atoms with Crippen LogP contribution in [0.1, 0.15) is 51.7 Å². The van der Waals surface area contributed by atoms with Gasteiger partial charge in [-0.3, -0.25) is 9.59 Å². The van der Waals surface area contributed by atoms with Gasteiger partial charge in [-0.1, -0.05) is 29.8 Å². The van der Waals surface area contributed by atoms with Gasteiger partial charge in [0, 0.05) is 24.7 Å². The average Bonchev–Trinajstić information content (AvgIpc) is 3.33. The molecule has 1 aliphatic heterocycles. The lowest BCUT2D eigenvalue weighted by molar-refractivity contribution is -0.126. The van der Waals surface area contributed by atoms with Crippen LogP contribution in [0.15, 0.2) is 63.9 Å². The predicted molar refractivity (Wildman–Crippen MR) is 151 cm³/mol. The van der Waals surface area contributed by atoms with Crippen molar-refractivity contribution in [3.05, 3.63) is 81.0 Å². The SMILES string of the molecule is C/C(=N\NC(=O)C1CCN(S(=O)(=O)c2ccc(C)cc2C)CC1)c1ccc(NC(=O)c2sccc2C)cc1. The highest BCUT2D eigenvalue weighted by atomic mass is 32.2. The normalized spacial score (nSPS) is 15.3. The number of nitrogens with zero attached hydrogens (tertiary/aromatic N) is 2. The van der Waals surface area contributed by atoms with Crippen LogP contribution >= 0.6 is 11.3 Å². The third-order valence-electron chi connectivity index (χ3n) is 6.74. The average molecular weight is 553 g/mol. The molecular formula is C28H32N4O4S2. The molecule has 8 nitrogen and oxygen atoms in total. The fraction of sp³-hybridized carbons (Fsp3) is 0.321. The zero-order valence-electron chi connectivity index (χ0n) is 21.9. The molecule has 0 aliphatic carbocycles. The Hall–Kier alpha value is -3.34. The molecule has 3 aromatic rings. The molecule has 1 aromatic heterocycles. The first kappa shape index (κ1) is 27.7. The summed E-state index contributed by atoms with van der Waals surface area (Å²) < 4.78 is 27.7. The van der Waals surface area contributed by atoms with Crippen LogP contribution in [0.5, 0.6) is 0 Å². The Morgan fingerprint density at radius 2 is 1.66 bits per heavy atom. The number of aryl methyl sites for hydroxylation is 3. The van der Waals surface area contributed by atoms with Gasteiger partial charge in [-0.15, -0.1) is 11.3 Å². The molecule has 0 spiro atoms. The minimum atomic E-state index is -3.60. The van der Waals surface area contributed by atoms with Gasteiger partial charge in [-0.05, 0) is 86.9 Å². The molecule has 1 aliphatic rings. The van der Waals surface area contributed by atoms with E-state index in [0.717, 1.165) is 22.3 Å². The Labute approximate surface area is 227 Å². The number of anilines is 1. The zero-order valence-corrected chi connectivity index (χ0v) is 23.6. The molecule has 38 heavy (non-hydrogen) atoms. The Kier molecular flexibility index (Phi) is 8.44. The van der Waals surface area contributed by atoms with Crippen molar-refractivity contribution in [3.8, 4) is 0 Å². The summed E-state index contributed by atoms with van der Waals surface area (Å²) in [6, 6.07) is 14.5. The van der Waals surface area contributed by atoms with Gasteiger partial charge in [0.2, 0.25) is 15.9 Å². The van der Waals surface area contributed by atoms with Gasteiger partial charge < -0.3 is 5.32 Å². The van der Waals surface area contributed by atoms with Crippen molar-refractivity contribution < 1.29 is 18.0 Å². The third kappa shape index (κ3) is 6.20. The summed E-state index contributed by atoms with van der Waals surface area (Å²) in [6.07, 6.45) is 0.866. The number of rotatable bonds is 7. The Morgan fingerprint density at radius 3 is 2.26 bits per heavy atom. The molecule has 2 aromatic carbocycles. The fourth-order valence-electron chi connectivity index (χ4n) is 4.47. The highest BCUT2D eigenvalue weighted by Crippen LogP contribution is 2.26. The van der Waals surface area contributed by atoms with Gasteiger partial charge in [0.15, 0.2) is 0 Å². The van der Waals surface area contributed by atoms with Crippen LogP contribution in [0.2, 0.25) is 0 Å². The summed E-state index contributed by atoms with van der Waals surface area (Å²) in [5, 5.41) is 9.02. The topological polar surface area (TPSA) is 108 Å². The summed E-state index contributed by atoms with van der Waals surface area (Å²) in [6.45, 7) is 8.00. The van der Waals surface area contributed by atoms with E-state index in [1.165, 1.54) is 15.6 Å². The number of nitrogens with one attached hydrogen (secondary N) is 2. The number of piperidine rings is 1. The molecule has 4 rings (SSSR count). The van der Waals surface area contributed by atoms with Crippen molar-refractivity contribution in [3.63, 3.8) is 0 Å². The first-order valence-corrected chi connectivity index (χ1v) is 14.8. The van der Waals surface area contributed by atoms with Crippen molar-refractivity contribution in [2.75, 3.05) is 18.4 Å². The largest absolute Gasteiger partial charge is 0.321 e. The van der Waals surface area contributed by atoms with Gasteiger partial charge in [-0.25, -0.2) is 13.8 Å². The van der Waals surface area contributed by atoms with Crippen molar-refractivity contribution in [2.45, 2.75) is 45.4 Å². The summed E-state index contributed by atoms with van der Waals surface area (Å²) >= 11 is 1.40. The number of amides is 2. The molecule has 0 radical (unpaired) electrons. The van der Waals surface area contributed by atoms with E-state index in [2.05, 4.69) is 15.8 Å². The zero-order chi connectivity index (χ0) is 27.4. The fourth-order valence-corrected chi connectivity index (χ4v) is 6.96. The van der Waals surface area contributed by atoms with E-state index in [9.17, 15) is 18.0 Å². The van der Waals surface area contributed by atoms with Crippen molar-refractivity contribution >= 4 is 44.6 Å². The standard InChI is InChI=1S/C28H32N4O4S2/c1-18-5-10-25(20(3)17-18)38(35,36)32-14-11-23(12-15-32)27(33)31-30-21(4)22-6-8-24(9-7-22)29-28(34)26-19(2)13-16-37-26/h5-10,13,16-17,23H,11-12,14-15H2,1-4H3,(H,29,34)(H,31,33)/b30-21+. The lowest BCUT2D eigenvalue weighted by Gasteiger charge is -2.30. The summed E-state index contributed by atoms with van der Waals surface area (Å²) in [5.41, 5.74) is 7.42. The Morgan fingerprint density at radius 1 is 0.974 bits per heavy atom. The maximum Gasteiger partial charge on any atom is 0.265 e. The van der Waals surface area contributed by atoms with Crippen molar-refractivity contribution in [1.82, 2.24) is 9.73 Å². The third-order valence-corrected chi connectivity index (χ3v) is 9.81. The molecule has 2 heterocycles. The van der Waals surface area contributed by atoms with E-state index in [1.54, 1.807) is 38.1 Å². The lowest BCUT2D eigenvalue weighted by Crippen LogP contribution is -2.42. The molecule has 200 valence electrons. The van der Waals surface area contributed by atoms with Crippen LogP contribution < -0.4 is 10.7 Å². The van der Waals surface area contributed by atoms with Gasteiger partial charge in [0.25, 0.3) is 5.91 Å². The number of sulfonamides is 1. The minimum Gasteiger partial charge on any atom is -0.321 e. The highest BCUT2D eigenvalue weighted by molar-refractivity contribution is 7.89. The number of hydrogen-bond donors (Lipinski definition) is 2.